The van der Waals surface area contributed by atoms with Gasteiger partial charge in [-0.05, 0) is 18.8 Å². The van der Waals surface area contributed by atoms with Crippen LogP contribution in [0.4, 0.5) is 0 Å². The number of hydrogen-bond donors (Lipinski definition) is 0. The summed E-state index contributed by atoms with van der Waals surface area (Å²) in [7, 11) is 0. The van der Waals surface area contributed by atoms with Crippen LogP contribution in [0.1, 0.15) is 60.3 Å². The lowest BCUT2D eigenvalue weighted by Gasteiger charge is -2.20. The molecule has 0 radical (unpaired) electrons. The van der Waals surface area contributed by atoms with Crippen LogP contribution in [0, 0.1) is 5.92 Å². The minimum Gasteiger partial charge on any atom is -0.381 e. The maximum absolute atomic E-state index is 5.25. The van der Waals surface area contributed by atoms with Crippen LogP contribution in [0.2, 0.25) is 0 Å². The van der Waals surface area contributed by atoms with Crippen molar-refractivity contribution in [2.75, 3.05) is 13.2 Å². The highest BCUT2D eigenvalue weighted by Crippen LogP contribution is 2.19. The molecule has 0 atom stereocenters. The minimum atomic E-state index is 0.976. The van der Waals surface area contributed by atoms with E-state index in [1.54, 1.807) is 0 Å². The molecule has 0 aromatic carbocycles. The van der Waals surface area contributed by atoms with Crippen LogP contribution >= 0.6 is 0 Å². The van der Waals surface area contributed by atoms with E-state index >= 15 is 0 Å². The van der Waals surface area contributed by atoms with E-state index < -0.39 is 0 Å². The summed E-state index contributed by atoms with van der Waals surface area (Å²) in [5, 5.41) is 0. The summed E-state index contributed by atoms with van der Waals surface area (Å²) in [4.78, 5) is 0. The lowest BCUT2D eigenvalue weighted by atomic mass is 9.95. The summed E-state index contributed by atoms with van der Waals surface area (Å²) in [6.45, 7) is 12.3. The van der Waals surface area contributed by atoms with E-state index in [4.69, 9.17) is 4.74 Å². The van der Waals surface area contributed by atoms with E-state index in [9.17, 15) is 0 Å². The molecule has 0 N–H and O–H groups in total. The lowest BCUT2D eigenvalue weighted by Crippen LogP contribution is -2.14. The maximum atomic E-state index is 5.25. The standard InChI is InChI=1S/C8H16O.2C2H6/c1-2-3-8-4-6-9-7-5-8;2*1-2/h8H,2-7H2,1H3;2*1-2H3. The summed E-state index contributed by atoms with van der Waals surface area (Å²) < 4.78 is 5.25. The van der Waals surface area contributed by atoms with Crippen molar-refractivity contribution in [1.82, 2.24) is 0 Å². The molecule has 0 unspecified atom stereocenters. The predicted molar refractivity (Wildman–Crippen MR) is 61.1 cm³/mol. The van der Waals surface area contributed by atoms with Gasteiger partial charge in [-0.2, -0.15) is 0 Å². The maximum Gasteiger partial charge on any atom is 0.0468 e. The molecule has 1 aliphatic rings. The van der Waals surface area contributed by atoms with Crippen LogP contribution in [-0.2, 0) is 4.74 Å². The van der Waals surface area contributed by atoms with Gasteiger partial charge in [0.25, 0.3) is 0 Å². The van der Waals surface area contributed by atoms with Gasteiger partial charge in [0.15, 0.2) is 0 Å². The Kier molecular flexibility index (Phi) is 17.2. The molecule has 0 bridgehead atoms. The van der Waals surface area contributed by atoms with Crippen molar-refractivity contribution >= 4 is 0 Å². The highest BCUT2D eigenvalue weighted by molar-refractivity contribution is 4.61. The average molecular weight is 188 g/mol. The molecule has 0 amide bonds. The lowest BCUT2D eigenvalue weighted by molar-refractivity contribution is 0.0637. The zero-order valence-corrected chi connectivity index (χ0v) is 10.2. The Morgan fingerprint density at radius 2 is 1.46 bits per heavy atom. The SMILES string of the molecule is CC.CC.CCCC1CCOCC1. The van der Waals surface area contributed by atoms with Gasteiger partial charge < -0.3 is 4.74 Å². The monoisotopic (exact) mass is 188 g/mol. The van der Waals surface area contributed by atoms with Gasteiger partial charge in [0, 0.05) is 13.2 Å². The number of ether oxygens (including phenoxy) is 1. The van der Waals surface area contributed by atoms with Gasteiger partial charge in [0.05, 0.1) is 0 Å². The molecule has 1 heteroatoms. The molecule has 0 aromatic rings. The summed E-state index contributed by atoms with van der Waals surface area (Å²) in [5.41, 5.74) is 0. The van der Waals surface area contributed by atoms with Gasteiger partial charge in [0.1, 0.15) is 0 Å². The van der Waals surface area contributed by atoms with Crippen molar-refractivity contribution in [3.63, 3.8) is 0 Å². The number of hydrogen-bond acceptors (Lipinski definition) is 1. The fraction of sp³-hybridized carbons (Fsp3) is 1.00. The van der Waals surface area contributed by atoms with Crippen molar-refractivity contribution in [3.05, 3.63) is 0 Å². The first-order valence-corrected chi connectivity index (χ1v) is 6.01. The first-order chi connectivity index (χ1) is 6.43. The molecule has 1 rings (SSSR count). The topological polar surface area (TPSA) is 9.23 Å². The van der Waals surface area contributed by atoms with Crippen molar-refractivity contribution in [3.8, 4) is 0 Å². The average Bonchev–Trinajstić information content (AvgIpc) is 2.26. The van der Waals surface area contributed by atoms with Crippen molar-refractivity contribution in [2.24, 2.45) is 5.92 Å². The molecule has 13 heavy (non-hydrogen) atoms. The Bertz CT molecular complexity index is 62.8. The highest BCUT2D eigenvalue weighted by Gasteiger charge is 2.11. The largest absolute Gasteiger partial charge is 0.381 e. The zero-order chi connectivity index (χ0) is 10.5. The van der Waals surface area contributed by atoms with E-state index in [0.717, 1.165) is 19.1 Å². The molecule has 0 aliphatic carbocycles. The van der Waals surface area contributed by atoms with Crippen LogP contribution in [0.3, 0.4) is 0 Å². The van der Waals surface area contributed by atoms with Crippen LogP contribution in [0.5, 0.6) is 0 Å². The fourth-order valence-electron chi connectivity index (χ4n) is 1.44. The van der Waals surface area contributed by atoms with Crippen LogP contribution < -0.4 is 0 Å². The Morgan fingerprint density at radius 3 is 1.85 bits per heavy atom. The second kappa shape index (κ2) is 14.5. The van der Waals surface area contributed by atoms with Crippen LogP contribution in [0.25, 0.3) is 0 Å². The van der Waals surface area contributed by atoms with Crippen LogP contribution in [0.15, 0.2) is 0 Å². The van der Waals surface area contributed by atoms with Crippen molar-refractivity contribution < 1.29 is 4.74 Å². The Balaban J connectivity index is 0. The third kappa shape index (κ3) is 9.88. The predicted octanol–water partition coefficient (Wildman–Crippen LogP) is 4.27. The molecular weight excluding hydrogens is 160 g/mol. The Labute approximate surface area is 84.9 Å². The molecule has 0 spiro atoms. The van der Waals surface area contributed by atoms with Gasteiger partial charge in [0.2, 0.25) is 0 Å². The van der Waals surface area contributed by atoms with Crippen LogP contribution in [-0.4, -0.2) is 13.2 Å². The number of rotatable bonds is 2. The first-order valence-electron chi connectivity index (χ1n) is 6.01. The quantitative estimate of drug-likeness (QED) is 0.629. The second-order valence-corrected chi connectivity index (χ2v) is 2.84. The molecule has 1 saturated heterocycles. The normalized spacial score (nSPS) is 16.4. The Hall–Kier alpha value is -0.0400. The third-order valence-corrected chi connectivity index (χ3v) is 2.04. The summed E-state index contributed by atoms with van der Waals surface area (Å²) in [6, 6.07) is 0. The summed E-state index contributed by atoms with van der Waals surface area (Å²) in [6.07, 6.45) is 5.34. The molecule has 1 fully saturated rings. The molecule has 82 valence electrons. The van der Waals surface area contributed by atoms with E-state index in [-0.39, 0.29) is 0 Å². The van der Waals surface area contributed by atoms with E-state index in [2.05, 4.69) is 6.92 Å². The summed E-state index contributed by atoms with van der Waals surface area (Å²) in [5.74, 6) is 0.976. The minimum absolute atomic E-state index is 0.976. The smallest absolute Gasteiger partial charge is 0.0468 e. The van der Waals surface area contributed by atoms with Gasteiger partial charge in [-0.3, -0.25) is 0 Å². The Morgan fingerprint density at radius 1 is 1.00 bits per heavy atom. The van der Waals surface area contributed by atoms with E-state index in [1.165, 1.54) is 25.7 Å². The van der Waals surface area contributed by atoms with Gasteiger partial charge >= 0.3 is 0 Å². The second-order valence-electron chi connectivity index (χ2n) is 2.84. The summed E-state index contributed by atoms with van der Waals surface area (Å²) >= 11 is 0. The van der Waals surface area contributed by atoms with E-state index in [1.807, 2.05) is 27.7 Å². The molecule has 1 nitrogen and oxygen atoms in total. The molecule has 1 heterocycles. The third-order valence-electron chi connectivity index (χ3n) is 2.04. The van der Waals surface area contributed by atoms with Crippen molar-refractivity contribution in [1.29, 1.82) is 0 Å². The molecule has 0 saturated carbocycles. The molecule has 0 aromatic heterocycles. The van der Waals surface area contributed by atoms with Gasteiger partial charge in [-0.25, -0.2) is 0 Å². The van der Waals surface area contributed by atoms with Crippen molar-refractivity contribution in [2.45, 2.75) is 60.3 Å². The van der Waals surface area contributed by atoms with E-state index in [0.29, 0.717) is 0 Å². The van der Waals surface area contributed by atoms with Gasteiger partial charge in [-0.15, -0.1) is 0 Å². The van der Waals surface area contributed by atoms with Gasteiger partial charge in [-0.1, -0.05) is 47.5 Å². The molecular formula is C12H28O. The zero-order valence-electron chi connectivity index (χ0n) is 10.2. The molecule has 1 aliphatic heterocycles. The first kappa shape index (κ1) is 15.4. The fourth-order valence-corrected chi connectivity index (χ4v) is 1.44. The highest BCUT2D eigenvalue weighted by atomic mass is 16.5.